The Morgan fingerprint density at radius 1 is 1.28 bits per heavy atom. The highest BCUT2D eigenvalue weighted by Crippen LogP contribution is 2.47. The lowest BCUT2D eigenvalue weighted by Crippen LogP contribution is -2.49. The molecule has 2 aliphatic rings. The topological polar surface area (TPSA) is 142 Å². The van der Waals surface area contributed by atoms with Crippen molar-refractivity contribution in [2.75, 3.05) is 5.32 Å². The molecular formula is C26H29N7O3. The van der Waals surface area contributed by atoms with Crippen molar-refractivity contribution in [1.82, 2.24) is 30.4 Å². The minimum atomic E-state index is -0.546. The van der Waals surface area contributed by atoms with Gasteiger partial charge in [-0.25, -0.2) is 4.98 Å². The number of aliphatic hydroxyl groups is 1. The third kappa shape index (κ3) is 4.32. The summed E-state index contributed by atoms with van der Waals surface area (Å²) in [7, 11) is 0. The van der Waals surface area contributed by atoms with Crippen molar-refractivity contribution in [3.8, 4) is 11.5 Å². The molecule has 0 radical (unpaired) electrons. The van der Waals surface area contributed by atoms with Gasteiger partial charge >= 0.3 is 0 Å². The van der Waals surface area contributed by atoms with E-state index in [1.165, 1.54) is 0 Å². The molecule has 2 bridgehead atoms. The number of fused-ring (bicyclic) bond motifs is 3. The number of hydrogen-bond acceptors (Lipinski definition) is 8. The fraction of sp³-hybridized carbons (Fsp3) is 0.423. The minimum absolute atomic E-state index is 0.0389. The van der Waals surface area contributed by atoms with Gasteiger partial charge in [0.05, 0.1) is 16.9 Å². The number of aromatic nitrogens is 5. The van der Waals surface area contributed by atoms with Crippen LogP contribution in [0.25, 0.3) is 22.5 Å². The molecular weight excluding hydrogens is 458 g/mol. The van der Waals surface area contributed by atoms with Crippen molar-refractivity contribution in [3.05, 3.63) is 54.4 Å². The number of hydrogen-bond donors (Lipinski definition) is 4. The van der Waals surface area contributed by atoms with Gasteiger partial charge in [-0.15, -0.1) is 0 Å². The zero-order chi connectivity index (χ0) is 24.7. The first-order chi connectivity index (χ1) is 17.5. The highest BCUT2D eigenvalue weighted by atomic mass is 16.5. The highest BCUT2D eigenvalue weighted by molar-refractivity contribution is 5.97. The van der Waals surface area contributed by atoms with E-state index in [1.807, 2.05) is 24.4 Å². The van der Waals surface area contributed by atoms with Gasteiger partial charge in [-0.3, -0.25) is 9.78 Å². The maximum atomic E-state index is 12.6. The van der Waals surface area contributed by atoms with Crippen LogP contribution in [0.4, 0.5) is 5.69 Å². The summed E-state index contributed by atoms with van der Waals surface area (Å²) in [6.45, 7) is 2.56. The normalized spacial score (nSPS) is 25.6. The van der Waals surface area contributed by atoms with Crippen LogP contribution in [0.2, 0.25) is 0 Å². The summed E-state index contributed by atoms with van der Waals surface area (Å²) < 4.78 is 5.53. The molecule has 10 nitrogen and oxygen atoms in total. The molecule has 2 saturated carbocycles. The summed E-state index contributed by atoms with van der Waals surface area (Å²) in [6.07, 6.45) is 11.3. The number of amides is 1. The Balaban J connectivity index is 1.26. The van der Waals surface area contributed by atoms with Gasteiger partial charge in [0, 0.05) is 42.8 Å². The van der Waals surface area contributed by atoms with E-state index in [1.54, 1.807) is 18.6 Å². The number of nitrogens with zero attached hydrogens (tertiary/aromatic N) is 4. The number of pyridine rings is 2. The van der Waals surface area contributed by atoms with Crippen molar-refractivity contribution in [2.24, 2.45) is 11.8 Å². The molecule has 4 heterocycles. The lowest BCUT2D eigenvalue weighted by molar-refractivity contribution is -0.0677. The molecule has 4 atom stereocenters. The zero-order valence-corrected chi connectivity index (χ0v) is 20.1. The number of aromatic amines is 1. The Morgan fingerprint density at radius 2 is 2.14 bits per heavy atom. The van der Waals surface area contributed by atoms with E-state index in [-0.39, 0.29) is 17.8 Å². The Labute approximate surface area is 207 Å². The van der Waals surface area contributed by atoms with Gasteiger partial charge in [0.15, 0.2) is 0 Å². The molecule has 1 amide bonds. The van der Waals surface area contributed by atoms with Gasteiger partial charge < -0.3 is 25.2 Å². The fourth-order valence-corrected chi connectivity index (χ4v) is 5.96. The van der Waals surface area contributed by atoms with Crippen LogP contribution < -0.4 is 10.6 Å². The van der Waals surface area contributed by atoms with E-state index < -0.39 is 11.5 Å². The molecule has 0 aliphatic heterocycles. The molecule has 186 valence electrons. The van der Waals surface area contributed by atoms with Gasteiger partial charge in [-0.05, 0) is 67.7 Å². The SMILES string of the molecule is CC1C[C@@H]2C[C@@](O)(CC[C@H]2Nc2c(-c3nc(C(=O)NCc4ccncc4)no3)cnc3[nH]ccc23)C1. The van der Waals surface area contributed by atoms with Crippen LogP contribution in [-0.2, 0) is 6.54 Å². The summed E-state index contributed by atoms with van der Waals surface area (Å²) in [5.41, 5.74) is 2.62. The zero-order valence-electron chi connectivity index (χ0n) is 20.1. The van der Waals surface area contributed by atoms with E-state index >= 15 is 0 Å². The fourth-order valence-electron chi connectivity index (χ4n) is 5.96. The summed E-state index contributed by atoms with van der Waals surface area (Å²) >= 11 is 0. The second-order valence-corrected chi connectivity index (χ2v) is 10.3. The van der Waals surface area contributed by atoms with Crippen molar-refractivity contribution in [1.29, 1.82) is 0 Å². The molecule has 10 heteroatoms. The van der Waals surface area contributed by atoms with Gasteiger partial charge in [0.2, 0.25) is 0 Å². The maximum absolute atomic E-state index is 12.6. The molecule has 4 aromatic rings. The first kappa shape index (κ1) is 22.7. The number of anilines is 1. The Bertz CT molecular complexity index is 1380. The lowest BCUT2D eigenvalue weighted by Gasteiger charge is -2.48. The van der Waals surface area contributed by atoms with Gasteiger partial charge in [0.1, 0.15) is 5.65 Å². The molecule has 2 aliphatic carbocycles. The number of carbonyl (C=O) groups is 1. The average molecular weight is 488 g/mol. The van der Waals surface area contributed by atoms with Crippen LogP contribution in [0.15, 0.2) is 47.5 Å². The quantitative estimate of drug-likeness (QED) is 0.323. The second kappa shape index (κ2) is 9.02. The molecule has 4 aromatic heterocycles. The second-order valence-electron chi connectivity index (χ2n) is 10.3. The van der Waals surface area contributed by atoms with E-state index in [0.717, 1.165) is 54.4 Å². The largest absolute Gasteiger partial charge is 0.390 e. The van der Waals surface area contributed by atoms with Crippen LogP contribution in [0.1, 0.15) is 55.2 Å². The number of rotatable bonds is 6. The third-order valence-corrected chi connectivity index (χ3v) is 7.54. The van der Waals surface area contributed by atoms with Gasteiger partial charge in [0.25, 0.3) is 17.6 Å². The maximum Gasteiger partial charge on any atom is 0.292 e. The average Bonchev–Trinajstić information content (AvgIpc) is 3.55. The molecule has 0 spiro atoms. The molecule has 0 saturated heterocycles. The molecule has 36 heavy (non-hydrogen) atoms. The number of nitrogens with one attached hydrogen (secondary N) is 3. The van der Waals surface area contributed by atoms with E-state index in [2.05, 4.69) is 42.6 Å². The first-order valence-electron chi connectivity index (χ1n) is 12.4. The van der Waals surface area contributed by atoms with E-state index in [9.17, 15) is 9.90 Å². The van der Waals surface area contributed by atoms with Crippen LogP contribution in [-0.4, -0.2) is 47.7 Å². The lowest BCUT2D eigenvalue weighted by atomic mass is 9.64. The van der Waals surface area contributed by atoms with Crippen molar-refractivity contribution in [2.45, 2.75) is 57.2 Å². The van der Waals surface area contributed by atoms with Crippen LogP contribution in [0.3, 0.4) is 0 Å². The van der Waals surface area contributed by atoms with Crippen LogP contribution in [0.5, 0.6) is 0 Å². The molecule has 4 N–H and O–H groups in total. The summed E-state index contributed by atoms with van der Waals surface area (Å²) in [5, 5.41) is 22.4. The Morgan fingerprint density at radius 3 is 3.00 bits per heavy atom. The predicted octanol–water partition coefficient (Wildman–Crippen LogP) is 3.68. The minimum Gasteiger partial charge on any atom is -0.390 e. The molecule has 2 fully saturated rings. The number of carbonyl (C=O) groups excluding carboxylic acids is 1. The number of H-pyrrole nitrogens is 1. The van der Waals surface area contributed by atoms with Crippen LogP contribution in [0, 0.1) is 11.8 Å². The molecule has 1 unspecified atom stereocenters. The molecule has 0 aromatic carbocycles. The van der Waals surface area contributed by atoms with Crippen molar-refractivity contribution in [3.63, 3.8) is 0 Å². The van der Waals surface area contributed by atoms with Crippen molar-refractivity contribution >= 4 is 22.6 Å². The first-order valence-corrected chi connectivity index (χ1v) is 12.4. The summed E-state index contributed by atoms with van der Waals surface area (Å²) in [4.78, 5) is 28.7. The monoisotopic (exact) mass is 487 g/mol. The Kier molecular flexibility index (Phi) is 5.67. The molecule has 6 rings (SSSR count). The van der Waals surface area contributed by atoms with Gasteiger partial charge in [-0.2, -0.15) is 4.98 Å². The standard InChI is InChI=1S/C26H29N7O3/c1-15-10-17-12-26(35,11-15)6-2-20(17)31-21-18-5-9-28-22(18)29-14-19(21)25-32-23(33-36-25)24(34)30-13-16-3-7-27-8-4-16/h3-5,7-9,14-15,17,20,35H,2,6,10-13H2,1H3,(H,30,34)(H2,28,29,31)/t15?,17-,20-,26-/m1/s1. The Hall–Kier alpha value is -3.79. The smallest absolute Gasteiger partial charge is 0.292 e. The third-order valence-electron chi connectivity index (χ3n) is 7.54. The highest BCUT2D eigenvalue weighted by Gasteiger charge is 2.44. The summed E-state index contributed by atoms with van der Waals surface area (Å²) in [6, 6.07) is 5.83. The van der Waals surface area contributed by atoms with Crippen LogP contribution >= 0.6 is 0 Å². The van der Waals surface area contributed by atoms with E-state index in [4.69, 9.17) is 4.52 Å². The predicted molar refractivity (Wildman–Crippen MR) is 133 cm³/mol. The summed E-state index contributed by atoms with van der Waals surface area (Å²) in [5.74, 6) is 0.635. The van der Waals surface area contributed by atoms with Crippen molar-refractivity contribution < 1.29 is 14.4 Å². The van der Waals surface area contributed by atoms with E-state index in [0.29, 0.717) is 23.9 Å². The van der Waals surface area contributed by atoms with Gasteiger partial charge in [-0.1, -0.05) is 12.1 Å².